The Labute approximate surface area is 88.1 Å². The van der Waals surface area contributed by atoms with Crippen molar-refractivity contribution in [3.05, 3.63) is 18.0 Å². The van der Waals surface area contributed by atoms with E-state index in [4.69, 9.17) is 5.14 Å². The Morgan fingerprint density at radius 1 is 1.60 bits per heavy atom. The summed E-state index contributed by atoms with van der Waals surface area (Å²) in [6.07, 6.45) is 1.20. The van der Waals surface area contributed by atoms with Crippen LogP contribution < -0.4 is 5.14 Å². The molecule has 1 rings (SSSR count). The van der Waals surface area contributed by atoms with Gasteiger partial charge >= 0.3 is 0 Å². The van der Waals surface area contributed by atoms with Crippen molar-refractivity contribution in [1.29, 1.82) is 0 Å². The van der Waals surface area contributed by atoms with Crippen LogP contribution in [0, 0.1) is 0 Å². The van der Waals surface area contributed by atoms with Gasteiger partial charge < -0.3 is 9.88 Å². The van der Waals surface area contributed by atoms with E-state index in [1.165, 1.54) is 17.2 Å². The number of nitrogens with zero attached hydrogens (tertiary/aromatic N) is 1. The molecule has 0 fully saturated rings. The van der Waals surface area contributed by atoms with Crippen molar-refractivity contribution in [2.75, 3.05) is 13.6 Å². The van der Waals surface area contributed by atoms with Crippen LogP contribution in [0.5, 0.6) is 0 Å². The minimum atomic E-state index is -3.75. The highest BCUT2D eigenvalue weighted by atomic mass is 32.2. The zero-order valence-corrected chi connectivity index (χ0v) is 9.34. The molecular formula is C8H13N3O3S. The molecule has 1 aromatic heterocycles. The first-order valence-electron chi connectivity index (χ1n) is 4.33. The average Bonchev–Trinajstić information content (AvgIpc) is 2.63. The molecule has 0 aliphatic heterocycles. The van der Waals surface area contributed by atoms with Crippen LogP contribution in [0.25, 0.3) is 0 Å². The molecule has 0 aliphatic carbocycles. The lowest BCUT2D eigenvalue weighted by Crippen LogP contribution is -2.26. The van der Waals surface area contributed by atoms with Crippen LogP contribution in [0.2, 0.25) is 0 Å². The highest BCUT2D eigenvalue weighted by molar-refractivity contribution is 7.89. The largest absolute Gasteiger partial charge is 0.356 e. The third-order valence-electron chi connectivity index (χ3n) is 2.04. The maximum Gasteiger partial charge on any atom is 0.270 e. The van der Waals surface area contributed by atoms with Crippen molar-refractivity contribution >= 4 is 15.9 Å². The predicted octanol–water partition coefficient (Wildman–Crippen LogP) is -0.246. The lowest BCUT2D eigenvalue weighted by Gasteiger charge is -2.12. The van der Waals surface area contributed by atoms with E-state index in [0.717, 1.165) is 0 Å². The number of nitrogens with two attached hydrogens (primary N) is 1. The van der Waals surface area contributed by atoms with Gasteiger partial charge in [0.15, 0.2) is 0 Å². The normalized spacial score (nSPS) is 11.4. The molecule has 1 heterocycles. The molecule has 0 saturated carbocycles. The molecule has 0 bridgehead atoms. The summed E-state index contributed by atoms with van der Waals surface area (Å²) in [7, 11) is -2.13. The van der Waals surface area contributed by atoms with Crippen molar-refractivity contribution in [3.8, 4) is 0 Å². The third-order valence-corrected chi connectivity index (χ3v) is 2.93. The second-order valence-electron chi connectivity index (χ2n) is 3.11. The maximum atomic E-state index is 11.6. The number of sulfonamides is 1. The van der Waals surface area contributed by atoms with Gasteiger partial charge in [-0.15, -0.1) is 0 Å². The maximum absolute atomic E-state index is 11.6. The number of H-pyrrole nitrogens is 1. The van der Waals surface area contributed by atoms with Crippen LogP contribution in [0.3, 0.4) is 0 Å². The van der Waals surface area contributed by atoms with Gasteiger partial charge in [0.05, 0.1) is 4.90 Å². The van der Waals surface area contributed by atoms with Gasteiger partial charge in [0.25, 0.3) is 5.91 Å². The van der Waals surface area contributed by atoms with Gasteiger partial charge in [-0.2, -0.15) is 0 Å². The van der Waals surface area contributed by atoms with Gasteiger partial charge in [0, 0.05) is 19.8 Å². The molecular weight excluding hydrogens is 218 g/mol. The smallest absolute Gasteiger partial charge is 0.270 e. The standard InChI is InChI=1S/C8H13N3O3S/c1-3-11(2)8(12)7-4-6(5-10-7)15(9,13)14/h4-5,10H,3H2,1-2H3,(H2,9,13,14). The molecule has 0 saturated heterocycles. The number of hydrogen-bond donors (Lipinski definition) is 2. The second-order valence-corrected chi connectivity index (χ2v) is 4.67. The SMILES string of the molecule is CCN(C)C(=O)c1cc(S(N)(=O)=O)c[nH]1. The molecule has 0 aliphatic rings. The van der Waals surface area contributed by atoms with Gasteiger partial charge in [-0.3, -0.25) is 4.79 Å². The average molecular weight is 231 g/mol. The van der Waals surface area contributed by atoms with Crippen LogP contribution in [0.1, 0.15) is 17.4 Å². The highest BCUT2D eigenvalue weighted by Gasteiger charge is 2.16. The van der Waals surface area contributed by atoms with Crippen LogP contribution in [-0.4, -0.2) is 37.8 Å². The number of rotatable bonds is 3. The Bertz CT molecular complexity index is 463. The van der Waals surface area contributed by atoms with E-state index in [0.29, 0.717) is 6.54 Å². The fourth-order valence-corrected chi connectivity index (χ4v) is 1.52. The van der Waals surface area contributed by atoms with E-state index >= 15 is 0 Å². The van der Waals surface area contributed by atoms with Crippen molar-refractivity contribution in [2.45, 2.75) is 11.8 Å². The first-order chi connectivity index (χ1) is 6.86. The van der Waals surface area contributed by atoms with Gasteiger partial charge in [-0.05, 0) is 13.0 Å². The van der Waals surface area contributed by atoms with Crippen LogP contribution in [0.15, 0.2) is 17.2 Å². The summed E-state index contributed by atoms with van der Waals surface area (Å²) in [5.74, 6) is -0.271. The zero-order chi connectivity index (χ0) is 11.6. The number of hydrogen-bond acceptors (Lipinski definition) is 3. The second kappa shape index (κ2) is 4.03. The predicted molar refractivity (Wildman–Crippen MR) is 54.8 cm³/mol. The van der Waals surface area contributed by atoms with Crippen molar-refractivity contribution in [2.24, 2.45) is 5.14 Å². The summed E-state index contributed by atoms with van der Waals surface area (Å²) in [6.45, 7) is 2.37. The molecule has 7 heteroatoms. The summed E-state index contributed by atoms with van der Waals surface area (Å²) >= 11 is 0. The molecule has 0 spiro atoms. The molecule has 0 radical (unpaired) electrons. The Morgan fingerprint density at radius 2 is 2.20 bits per heavy atom. The first kappa shape index (κ1) is 11.7. The van der Waals surface area contributed by atoms with E-state index in [-0.39, 0.29) is 16.5 Å². The van der Waals surface area contributed by atoms with Crippen LogP contribution >= 0.6 is 0 Å². The van der Waals surface area contributed by atoms with E-state index < -0.39 is 10.0 Å². The molecule has 0 unspecified atom stereocenters. The minimum absolute atomic E-state index is 0.0876. The van der Waals surface area contributed by atoms with E-state index in [9.17, 15) is 13.2 Å². The monoisotopic (exact) mass is 231 g/mol. The summed E-state index contributed by atoms with van der Waals surface area (Å²) in [5.41, 5.74) is 0.211. The number of aromatic nitrogens is 1. The summed E-state index contributed by atoms with van der Waals surface area (Å²) in [5, 5.41) is 4.91. The number of nitrogens with one attached hydrogen (secondary N) is 1. The highest BCUT2D eigenvalue weighted by Crippen LogP contribution is 2.09. The van der Waals surface area contributed by atoms with Gasteiger partial charge in [-0.25, -0.2) is 13.6 Å². The third kappa shape index (κ3) is 2.57. The summed E-state index contributed by atoms with van der Waals surface area (Å²) in [6, 6.07) is 1.23. The summed E-state index contributed by atoms with van der Waals surface area (Å²) in [4.78, 5) is 15.5. The van der Waals surface area contributed by atoms with Crippen molar-refractivity contribution in [3.63, 3.8) is 0 Å². The van der Waals surface area contributed by atoms with E-state index in [1.54, 1.807) is 7.05 Å². The Morgan fingerprint density at radius 3 is 2.60 bits per heavy atom. The number of carbonyl (C=O) groups excluding carboxylic acids is 1. The Balaban J connectivity index is 3.00. The molecule has 1 amide bonds. The lowest BCUT2D eigenvalue weighted by atomic mass is 10.4. The Kier molecular flexibility index (Phi) is 3.15. The number of primary sulfonamides is 1. The van der Waals surface area contributed by atoms with Crippen molar-refractivity contribution < 1.29 is 13.2 Å². The molecule has 0 atom stereocenters. The summed E-state index contributed by atoms with van der Waals surface area (Å²) < 4.78 is 21.9. The molecule has 1 aromatic rings. The van der Waals surface area contributed by atoms with Crippen molar-refractivity contribution in [1.82, 2.24) is 9.88 Å². The minimum Gasteiger partial charge on any atom is -0.356 e. The molecule has 84 valence electrons. The van der Waals surface area contributed by atoms with Gasteiger partial charge in [0.2, 0.25) is 10.0 Å². The lowest BCUT2D eigenvalue weighted by molar-refractivity contribution is 0.0797. The molecule has 0 aromatic carbocycles. The number of aromatic amines is 1. The van der Waals surface area contributed by atoms with Gasteiger partial charge in [0.1, 0.15) is 5.69 Å². The molecule has 15 heavy (non-hydrogen) atoms. The van der Waals surface area contributed by atoms with E-state index in [2.05, 4.69) is 4.98 Å². The zero-order valence-electron chi connectivity index (χ0n) is 8.52. The fraction of sp³-hybridized carbons (Fsp3) is 0.375. The molecule has 6 nitrogen and oxygen atoms in total. The van der Waals surface area contributed by atoms with E-state index in [1.807, 2.05) is 6.92 Å². The number of carbonyl (C=O) groups is 1. The first-order valence-corrected chi connectivity index (χ1v) is 5.87. The fourth-order valence-electron chi connectivity index (χ4n) is 1.01. The van der Waals surface area contributed by atoms with Crippen LogP contribution in [0.4, 0.5) is 0 Å². The topological polar surface area (TPSA) is 96.3 Å². The quantitative estimate of drug-likeness (QED) is 0.751. The molecule has 3 N–H and O–H groups in total. The Hall–Kier alpha value is -1.34. The van der Waals surface area contributed by atoms with Gasteiger partial charge in [-0.1, -0.05) is 0 Å². The van der Waals surface area contributed by atoms with Crippen LogP contribution in [-0.2, 0) is 10.0 Å². The number of amides is 1.